The molecule has 0 bridgehead atoms. The molecule has 1 saturated heterocycles. The van der Waals surface area contributed by atoms with Crippen LogP contribution in [-0.2, 0) is 42.0 Å². The van der Waals surface area contributed by atoms with Crippen molar-refractivity contribution in [2.75, 3.05) is 12.3 Å². The van der Waals surface area contributed by atoms with Crippen molar-refractivity contribution in [2.24, 2.45) is 5.92 Å². The van der Waals surface area contributed by atoms with Gasteiger partial charge >= 0.3 is 12.2 Å². The largest absolute Gasteiger partial charge is 0.444 e. The molecule has 3 heterocycles. The van der Waals surface area contributed by atoms with Crippen molar-refractivity contribution in [3.63, 3.8) is 0 Å². The third-order valence-corrected chi connectivity index (χ3v) is 12.7. The number of benzene rings is 1. The van der Waals surface area contributed by atoms with Gasteiger partial charge in [-0.3, -0.25) is 14.5 Å². The average Bonchev–Trinajstić information content (AvgIpc) is 3.91. The number of carbonyl (C=O) groups excluding carboxylic acids is 4. The maximum atomic E-state index is 14.4. The molecule has 1 aromatic carbocycles. The van der Waals surface area contributed by atoms with Gasteiger partial charge in [0.2, 0.25) is 11.8 Å². The average molecular weight is 717 g/mol. The maximum Gasteiger partial charge on any atom is 0.410 e. The molecule has 2 saturated carbocycles. The van der Waals surface area contributed by atoms with Crippen molar-refractivity contribution < 1.29 is 41.5 Å². The van der Waals surface area contributed by atoms with Crippen LogP contribution in [0.25, 0.3) is 0 Å². The van der Waals surface area contributed by atoms with Crippen LogP contribution < -0.4 is 10.6 Å². The molecule has 0 radical (unpaired) electrons. The normalized spacial score (nSPS) is 29.4. The van der Waals surface area contributed by atoms with Crippen LogP contribution in [0.5, 0.6) is 0 Å². The molecule has 2 N–H and O–H groups in total. The van der Waals surface area contributed by atoms with Gasteiger partial charge in [-0.25, -0.2) is 22.4 Å². The van der Waals surface area contributed by atoms with Crippen LogP contribution in [0.3, 0.4) is 0 Å². The van der Waals surface area contributed by atoms with Gasteiger partial charge in [0.05, 0.1) is 24.1 Å². The fraction of sp³-hybridized carbons (Fsp3) is 0.667. The van der Waals surface area contributed by atoms with Crippen LogP contribution in [0, 0.1) is 11.7 Å². The lowest BCUT2D eigenvalue weighted by molar-refractivity contribution is -0.140. The standard InChI is InChI=1S/C36H49FN4O8S/c1-35(2,3)49-33(44)38-29-13-8-6-4-5-7-11-24-19-36(24,16-17-50(46,47)26-14-15-26)39-31(42)30-18-25(21-41(30)32(29)43)48-34(45)40-20-23-10-9-12-28(37)27(23)22-40/h7,9-12,24-26,29-30H,4-6,8,13-22H2,1-3H3,(H,38,44)(H,39,42)/b11-7-/t24-,25-,29+,30?,36-/m1/s1. The van der Waals surface area contributed by atoms with E-state index in [4.69, 9.17) is 9.47 Å². The Morgan fingerprint density at radius 2 is 1.88 bits per heavy atom. The minimum Gasteiger partial charge on any atom is -0.444 e. The molecule has 2 aliphatic carbocycles. The molecule has 50 heavy (non-hydrogen) atoms. The Labute approximate surface area is 293 Å². The minimum absolute atomic E-state index is 0.00851. The van der Waals surface area contributed by atoms with Crippen LogP contribution in [0.2, 0.25) is 0 Å². The van der Waals surface area contributed by atoms with Gasteiger partial charge in [-0.05, 0) is 77.3 Å². The number of nitrogens with zero attached hydrogens (tertiary/aromatic N) is 2. The molecule has 6 rings (SSSR count). The number of hydrogen-bond acceptors (Lipinski definition) is 8. The van der Waals surface area contributed by atoms with Gasteiger partial charge < -0.3 is 25.0 Å². The SMILES string of the molecule is CC(C)(C)OC(=O)N[C@H]1CCCCC/C=C\[C@@H]2C[C@@]2(CCS(=O)(=O)C2CC2)NC(=O)C2C[C@@H](OC(=O)N3Cc4cccc(F)c4C3)CN2C1=O. The van der Waals surface area contributed by atoms with Crippen molar-refractivity contribution in [1.29, 1.82) is 0 Å². The van der Waals surface area contributed by atoms with E-state index < -0.39 is 69.0 Å². The Bertz CT molecular complexity index is 1640. The lowest BCUT2D eigenvalue weighted by atomic mass is 10.0. The Kier molecular flexibility index (Phi) is 10.2. The Morgan fingerprint density at radius 3 is 2.60 bits per heavy atom. The third-order valence-electron chi connectivity index (χ3n) is 10.4. The monoisotopic (exact) mass is 716 g/mol. The molecule has 0 spiro atoms. The van der Waals surface area contributed by atoms with E-state index in [2.05, 4.69) is 22.8 Å². The highest BCUT2D eigenvalue weighted by Gasteiger charge is 2.56. The highest BCUT2D eigenvalue weighted by atomic mass is 32.2. The number of fused-ring (bicyclic) bond motifs is 3. The number of allylic oxidation sites excluding steroid dienone is 1. The van der Waals surface area contributed by atoms with E-state index in [-0.39, 0.29) is 49.4 Å². The number of sulfone groups is 1. The first-order chi connectivity index (χ1) is 23.6. The highest BCUT2D eigenvalue weighted by Crippen LogP contribution is 2.48. The summed E-state index contributed by atoms with van der Waals surface area (Å²) < 4.78 is 51.4. The molecule has 0 aromatic heterocycles. The first-order valence-corrected chi connectivity index (χ1v) is 19.6. The molecular formula is C36H49FN4O8S. The fourth-order valence-electron chi connectivity index (χ4n) is 7.38. The minimum atomic E-state index is -3.27. The Balaban J connectivity index is 1.23. The first-order valence-electron chi connectivity index (χ1n) is 17.9. The molecule has 12 nitrogen and oxygen atoms in total. The van der Waals surface area contributed by atoms with Crippen molar-refractivity contribution in [1.82, 2.24) is 20.4 Å². The number of hydrogen-bond donors (Lipinski definition) is 2. The molecule has 14 heteroatoms. The number of rotatable bonds is 6. The molecule has 3 fully saturated rings. The smallest absolute Gasteiger partial charge is 0.410 e. The zero-order valence-corrected chi connectivity index (χ0v) is 29.9. The molecule has 4 amide bonds. The second kappa shape index (κ2) is 14.1. The topological polar surface area (TPSA) is 151 Å². The summed E-state index contributed by atoms with van der Waals surface area (Å²) in [6.45, 7) is 5.31. The quantitative estimate of drug-likeness (QED) is 0.409. The van der Waals surface area contributed by atoms with Crippen molar-refractivity contribution in [3.8, 4) is 0 Å². The van der Waals surface area contributed by atoms with Gasteiger partial charge in [0, 0.05) is 30.0 Å². The van der Waals surface area contributed by atoms with Gasteiger partial charge in [-0.15, -0.1) is 0 Å². The van der Waals surface area contributed by atoms with Crippen LogP contribution in [0.1, 0.15) is 96.1 Å². The highest BCUT2D eigenvalue weighted by molar-refractivity contribution is 7.92. The van der Waals surface area contributed by atoms with Crippen LogP contribution >= 0.6 is 0 Å². The summed E-state index contributed by atoms with van der Waals surface area (Å²) in [5, 5.41) is 5.56. The third kappa shape index (κ3) is 8.43. The predicted octanol–water partition coefficient (Wildman–Crippen LogP) is 4.50. The molecule has 1 aromatic rings. The fourth-order valence-corrected chi connectivity index (χ4v) is 9.22. The van der Waals surface area contributed by atoms with E-state index in [0.29, 0.717) is 43.2 Å². The summed E-state index contributed by atoms with van der Waals surface area (Å²) in [7, 11) is -3.27. The number of ether oxygens (including phenoxy) is 2. The van der Waals surface area contributed by atoms with Gasteiger partial charge in [0.15, 0.2) is 9.84 Å². The Hall–Kier alpha value is -3.68. The number of halogens is 1. The van der Waals surface area contributed by atoms with E-state index in [1.54, 1.807) is 32.9 Å². The van der Waals surface area contributed by atoms with E-state index in [1.165, 1.54) is 15.9 Å². The molecule has 5 atom stereocenters. The van der Waals surface area contributed by atoms with Gasteiger partial charge in [-0.2, -0.15) is 0 Å². The summed E-state index contributed by atoms with van der Waals surface area (Å²) in [6, 6.07) is 2.66. The zero-order valence-electron chi connectivity index (χ0n) is 29.1. The molecular weight excluding hydrogens is 667 g/mol. The molecule has 5 aliphatic rings. The predicted molar refractivity (Wildman–Crippen MR) is 182 cm³/mol. The number of alkyl carbamates (subject to hydrolysis) is 1. The number of nitrogens with one attached hydrogen (secondary N) is 2. The Morgan fingerprint density at radius 1 is 1.10 bits per heavy atom. The number of carbonyl (C=O) groups is 4. The van der Waals surface area contributed by atoms with Crippen LogP contribution in [-0.4, -0.2) is 89.1 Å². The second-order valence-corrected chi connectivity index (χ2v) is 17.9. The summed E-state index contributed by atoms with van der Waals surface area (Å²) in [4.78, 5) is 57.4. The van der Waals surface area contributed by atoms with E-state index in [9.17, 15) is 32.0 Å². The van der Waals surface area contributed by atoms with Crippen molar-refractivity contribution in [2.45, 2.75) is 133 Å². The zero-order chi connectivity index (χ0) is 35.8. The van der Waals surface area contributed by atoms with Gasteiger partial charge in [-0.1, -0.05) is 37.1 Å². The summed E-state index contributed by atoms with van der Waals surface area (Å²) >= 11 is 0. The van der Waals surface area contributed by atoms with Crippen molar-refractivity contribution in [3.05, 3.63) is 47.3 Å². The first kappa shape index (κ1) is 36.1. The number of amides is 4. The lowest BCUT2D eigenvalue weighted by Gasteiger charge is -2.30. The molecule has 3 aliphatic heterocycles. The van der Waals surface area contributed by atoms with E-state index >= 15 is 0 Å². The summed E-state index contributed by atoms with van der Waals surface area (Å²) in [5.74, 6) is -1.42. The van der Waals surface area contributed by atoms with Crippen molar-refractivity contribution >= 4 is 33.8 Å². The summed E-state index contributed by atoms with van der Waals surface area (Å²) in [5.41, 5.74) is -0.446. The lowest BCUT2D eigenvalue weighted by Crippen LogP contribution is -2.55. The summed E-state index contributed by atoms with van der Waals surface area (Å²) in [6.07, 6.45) is 7.48. The molecule has 274 valence electrons. The van der Waals surface area contributed by atoms with Crippen LogP contribution in [0.4, 0.5) is 14.0 Å². The maximum absolute atomic E-state index is 14.4. The molecule has 1 unspecified atom stereocenters. The van der Waals surface area contributed by atoms with Gasteiger partial charge in [0.25, 0.3) is 0 Å². The van der Waals surface area contributed by atoms with E-state index in [1.807, 2.05) is 0 Å². The van der Waals surface area contributed by atoms with Crippen LogP contribution in [0.15, 0.2) is 30.4 Å². The van der Waals surface area contributed by atoms with Gasteiger partial charge in [0.1, 0.15) is 29.6 Å². The second-order valence-electron chi connectivity index (χ2n) is 15.5. The van der Waals surface area contributed by atoms with E-state index in [0.717, 1.165) is 19.3 Å².